The van der Waals surface area contributed by atoms with Crippen LogP contribution in [0.3, 0.4) is 0 Å². The van der Waals surface area contributed by atoms with E-state index in [4.69, 9.17) is 9.72 Å². The van der Waals surface area contributed by atoms with Gasteiger partial charge < -0.3 is 14.9 Å². The predicted octanol–water partition coefficient (Wildman–Crippen LogP) is 7.16. The largest absolute Gasteiger partial charge is 0.485 e. The number of fused-ring (bicyclic) bond motifs is 2. The van der Waals surface area contributed by atoms with Gasteiger partial charge in [-0.05, 0) is 68.0 Å². The third kappa shape index (κ3) is 3.96. The second-order valence-corrected chi connectivity index (χ2v) is 9.85. The lowest BCUT2D eigenvalue weighted by molar-refractivity contribution is -0.0414. The Morgan fingerprint density at radius 2 is 1.65 bits per heavy atom. The van der Waals surface area contributed by atoms with Gasteiger partial charge in [-0.2, -0.15) is 0 Å². The van der Waals surface area contributed by atoms with E-state index in [1.165, 1.54) is 15.6 Å². The molecule has 0 aliphatic rings. The normalized spacial score (nSPS) is 12.6. The number of hydrogen-bond donors (Lipinski definition) is 2. The summed E-state index contributed by atoms with van der Waals surface area (Å²) in [6.07, 6.45) is -1.86. The summed E-state index contributed by atoms with van der Waals surface area (Å²) in [5.41, 5.74) is 6.18. The maximum Gasteiger partial charge on any atom is 0.179 e. The van der Waals surface area contributed by atoms with Crippen molar-refractivity contribution in [3.63, 3.8) is 0 Å². The number of thiophene rings is 1. The first-order chi connectivity index (χ1) is 16.3. The van der Waals surface area contributed by atoms with Crippen LogP contribution < -0.4 is 4.74 Å². The molecule has 34 heavy (non-hydrogen) atoms. The Labute approximate surface area is 203 Å². The molecule has 0 fully saturated rings. The van der Waals surface area contributed by atoms with E-state index in [0.29, 0.717) is 22.2 Å². The fourth-order valence-electron chi connectivity index (χ4n) is 4.40. The van der Waals surface area contributed by atoms with Gasteiger partial charge in [-0.1, -0.05) is 54.1 Å². The molecule has 2 N–H and O–H groups in total. The SMILES string of the molecule is Cc1ccc([C@H](C)Oc2ccc(C)c3nc(-c4sc5ccccc5c4C)cc(C(O)O)c23)cc1. The molecule has 0 saturated heterocycles. The zero-order chi connectivity index (χ0) is 24.0. The maximum atomic E-state index is 10.4. The van der Waals surface area contributed by atoms with Gasteiger partial charge in [0.25, 0.3) is 0 Å². The number of hydrogen-bond acceptors (Lipinski definition) is 5. The molecule has 0 bridgehead atoms. The van der Waals surface area contributed by atoms with E-state index in [9.17, 15) is 10.2 Å². The Morgan fingerprint density at radius 3 is 2.35 bits per heavy atom. The van der Waals surface area contributed by atoms with Crippen LogP contribution in [0.25, 0.3) is 31.6 Å². The van der Waals surface area contributed by atoms with Gasteiger partial charge >= 0.3 is 0 Å². The molecule has 0 aliphatic carbocycles. The van der Waals surface area contributed by atoms with Gasteiger partial charge in [0.2, 0.25) is 0 Å². The number of aliphatic hydroxyl groups excluding tert-OH is 1. The Bertz CT molecular complexity index is 1500. The first-order valence-electron chi connectivity index (χ1n) is 11.4. The number of aryl methyl sites for hydroxylation is 3. The number of ether oxygens (including phenoxy) is 1. The molecule has 2 heterocycles. The fourth-order valence-corrected chi connectivity index (χ4v) is 5.57. The molecule has 5 aromatic rings. The van der Waals surface area contributed by atoms with Crippen LogP contribution in [0.2, 0.25) is 0 Å². The quantitative estimate of drug-likeness (QED) is 0.268. The van der Waals surface area contributed by atoms with Crippen molar-refractivity contribution in [3.8, 4) is 16.3 Å². The number of pyridine rings is 1. The Morgan fingerprint density at radius 1 is 0.912 bits per heavy atom. The highest BCUT2D eigenvalue weighted by Gasteiger charge is 2.21. The van der Waals surface area contributed by atoms with E-state index < -0.39 is 6.29 Å². The average Bonchev–Trinajstić information content (AvgIpc) is 3.17. The molecule has 4 nitrogen and oxygen atoms in total. The predicted molar refractivity (Wildman–Crippen MR) is 139 cm³/mol. The Balaban J connectivity index is 1.67. The summed E-state index contributed by atoms with van der Waals surface area (Å²) in [6.45, 7) is 8.12. The minimum absolute atomic E-state index is 0.209. The molecule has 0 spiro atoms. The van der Waals surface area contributed by atoms with Crippen molar-refractivity contribution in [2.45, 2.75) is 40.1 Å². The lowest BCUT2D eigenvalue weighted by Gasteiger charge is -2.20. The number of nitrogens with zero attached hydrogens (tertiary/aromatic N) is 1. The monoisotopic (exact) mass is 469 g/mol. The molecular weight excluding hydrogens is 442 g/mol. The topological polar surface area (TPSA) is 62.6 Å². The van der Waals surface area contributed by atoms with Gasteiger partial charge in [-0.25, -0.2) is 4.98 Å². The highest BCUT2D eigenvalue weighted by atomic mass is 32.1. The zero-order valence-corrected chi connectivity index (χ0v) is 20.5. The first-order valence-corrected chi connectivity index (χ1v) is 12.2. The van der Waals surface area contributed by atoms with E-state index >= 15 is 0 Å². The number of aromatic nitrogens is 1. The van der Waals surface area contributed by atoms with Crippen molar-refractivity contribution >= 4 is 32.3 Å². The number of rotatable bonds is 5. The van der Waals surface area contributed by atoms with E-state index in [1.54, 1.807) is 17.4 Å². The molecule has 0 aliphatic heterocycles. The van der Waals surface area contributed by atoms with Crippen LogP contribution in [-0.4, -0.2) is 15.2 Å². The van der Waals surface area contributed by atoms with E-state index in [1.807, 2.05) is 38.1 Å². The second-order valence-electron chi connectivity index (χ2n) is 8.80. The molecule has 172 valence electrons. The smallest absolute Gasteiger partial charge is 0.179 e. The molecule has 2 aromatic heterocycles. The summed E-state index contributed by atoms with van der Waals surface area (Å²) in [7, 11) is 0. The molecule has 1 atom stereocenters. The molecule has 0 unspecified atom stereocenters. The Kier molecular flexibility index (Phi) is 5.86. The first kappa shape index (κ1) is 22.5. The maximum absolute atomic E-state index is 10.4. The third-order valence-corrected chi connectivity index (χ3v) is 7.65. The summed E-state index contributed by atoms with van der Waals surface area (Å²) in [6, 6.07) is 22.2. The minimum atomic E-state index is -1.65. The van der Waals surface area contributed by atoms with Gasteiger partial charge in [0.1, 0.15) is 11.9 Å². The van der Waals surface area contributed by atoms with Crippen LogP contribution in [0.4, 0.5) is 0 Å². The lowest BCUT2D eigenvalue weighted by atomic mass is 10.0. The average molecular weight is 470 g/mol. The summed E-state index contributed by atoms with van der Waals surface area (Å²) in [5, 5.41) is 22.6. The van der Waals surface area contributed by atoms with Crippen LogP contribution in [0.1, 0.15) is 47.1 Å². The van der Waals surface area contributed by atoms with Crippen molar-refractivity contribution in [2.24, 2.45) is 0 Å². The van der Waals surface area contributed by atoms with Crippen LogP contribution in [0.15, 0.2) is 66.7 Å². The van der Waals surface area contributed by atoms with Crippen molar-refractivity contribution in [3.05, 3.63) is 94.5 Å². The van der Waals surface area contributed by atoms with Gasteiger partial charge in [0.15, 0.2) is 6.29 Å². The van der Waals surface area contributed by atoms with Crippen LogP contribution in [-0.2, 0) is 0 Å². The molecule has 3 aromatic carbocycles. The summed E-state index contributed by atoms with van der Waals surface area (Å²) < 4.78 is 7.54. The second kappa shape index (κ2) is 8.84. The number of aliphatic hydroxyl groups is 2. The zero-order valence-electron chi connectivity index (χ0n) is 19.7. The standard InChI is InChI=1S/C29H27NO3S/c1-16-9-12-20(13-10-16)19(4)33-24-14-11-17(2)27-26(24)22(29(31)32)15-23(30-27)28-18(3)21-7-5-6-8-25(21)34-28/h5-15,19,29,31-32H,1-4H3/t19-/m0/s1. The summed E-state index contributed by atoms with van der Waals surface area (Å²) in [5.74, 6) is 0.587. The van der Waals surface area contributed by atoms with E-state index in [-0.39, 0.29) is 6.10 Å². The Hall–Kier alpha value is -3.25. The van der Waals surface area contributed by atoms with Crippen LogP contribution in [0.5, 0.6) is 5.75 Å². The van der Waals surface area contributed by atoms with Gasteiger partial charge in [-0.15, -0.1) is 11.3 Å². The highest BCUT2D eigenvalue weighted by Crippen LogP contribution is 2.41. The molecule has 0 radical (unpaired) electrons. The summed E-state index contributed by atoms with van der Waals surface area (Å²) >= 11 is 1.67. The highest BCUT2D eigenvalue weighted by molar-refractivity contribution is 7.22. The van der Waals surface area contributed by atoms with Gasteiger partial charge in [-0.3, -0.25) is 0 Å². The van der Waals surface area contributed by atoms with Gasteiger partial charge in [0, 0.05) is 10.3 Å². The molecule has 5 rings (SSSR count). The lowest BCUT2D eigenvalue weighted by Crippen LogP contribution is -2.06. The fraction of sp³-hybridized carbons (Fsp3) is 0.207. The summed E-state index contributed by atoms with van der Waals surface area (Å²) in [4.78, 5) is 6.04. The van der Waals surface area contributed by atoms with E-state index in [0.717, 1.165) is 27.3 Å². The van der Waals surface area contributed by atoms with Crippen LogP contribution in [0, 0.1) is 20.8 Å². The van der Waals surface area contributed by atoms with Gasteiger partial charge in [0.05, 0.1) is 21.5 Å². The van der Waals surface area contributed by atoms with Crippen molar-refractivity contribution in [1.29, 1.82) is 0 Å². The molecular formula is C29H27NO3S. The van der Waals surface area contributed by atoms with Crippen molar-refractivity contribution in [2.75, 3.05) is 0 Å². The third-order valence-electron chi connectivity index (χ3n) is 6.36. The molecule has 5 heteroatoms. The number of benzene rings is 3. The molecule has 0 amide bonds. The van der Waals surface area contributed by atoms with Crippen LogP contribution >= 0.6 is 11.3 Å². The van der Waals surface area contributed by atoms with E-state index in [2.05, 4.69) is 50.2 Å². The molecule has 0 saturated carbocycles. The van der Waals surface area contributed by atoms with Crippen molar-refractivity contribution < 1.29 is 14.9 Å². The minimum Gasteiger partial charge on any atom is -0.485 e. The van der Waals surface area contributed by atoms with Crippen molar-refractivity contribution in [1.82, 2.24) is 4.98 Å².